The van der Waals surface area contributed by atoms with Crippen LogP contribution < -0.4 is 9.80 Å². The Hall–Kier alpha value is -7.18. The summed E-state index contributed by atoms with van der Waals surface area (Å²) in [6.07, 6.45) is 3.73. The van der Waals surface area contributed by atoms with Crippen molar-refractivity contribution in [3.63, 3.8) is 0 Å². The molecule has 0 amide bonds. The van der Waals surface area contributed by atoms with Crippen LogP contribution in [0.5, 0.6) is 0 Å². The summed E-state index contributed by atoms with van der Waals surface area (Å²) < 4.78 is 4.31. The number of hydrogen-bond donors (Lipinski definition) is 0. The quantitative estimate of drug-likeness (QED) is 0.156. The molecule has 0 radical (unpaired) electrons. The Morgan fingerprint density at radius 1 is 0.500 bits per heavy atom. The summed E-state index contributed by atoms with van der Waals surface area (Å²) in [7, 11) is 2.05. The Kier molecular flexibility index (Phi) is 7.65. The Morgan fingerprint density at radius 3 is 1.76 bits per heavy atom. The van der Waals surface area contributed by atoms with Crippen LogP contribution in [-0.4, -0.2) is 25.8 Å². The summed E-state index contributed by atoms with van der Waals surface area (Å²) >= 11 is 0. The minimum atomic E-state index is 0.708. The Labute approximate surface area is 314 Å². The third-order valence-corrected chi connectivity index (χ3v) is 10.4. The Balaban J connectivity index is 1.22. The number of nitrogens with zero attached hydrogens (tertiary/aromatic N) is 6. The van der Waals surface area contributed by atoms with Gasteiger partial charge in [-0.25, -0.2) is 9.97 Å². The monoisotopic (exact) mass is 696 g/mol. The van der Waals surface area contributed by atoms with Gasteiger partial charge >= 0.3 is 0 Å². The number of para-hydroxylation sites is 3. The number of rotatable bonds is 7. The lowest BCUT2D eigenvalue weighted by atomic mass is 9.85. The minimum absolute atomic E-state index is 0.708. The van der Waals surface area contributed by atoms with Crippen molar-refractivity contribution in [2.75, 3.05) is 16.5 Å². The van der Waals surface area contributed by atoms with Crippen LogP contribution in [0, 0.1) is 0 Å². The van der Waals surface area contributed by atoms with E-state index in [1.165, 1.54) is 22.6 Å². The van der Waals surface area contributed by atoms with E-state index < -0.39 is 0 Å². The van der Waals surface area contributed by atoms with Crippen LogP contribution in [0.15, 0.2) is 188 Å². The molecule has 1 aliphatic rings. The molecule has 0 saturated heterocycles. The third-order valence-electron chi connectivity index (χ3n) is 10.4. The van der Waals surface area contributed by atoms with Gasteiger partial charge in [-0.15, -0.1) is 0 Å². The van der Waals surface area contributed by atoms with Crippen molar-refractivity contribution in [1.82, 2.24) is 19.1 Å². The SMILES string of the molecule is Cn1cnc2c3ccc(C(=C(c4ccccc4)c4ccccc4)c4cccc(N5CN(c6ccccc6)c6ccccc65)c4)cc3n(-c3ccccn3)c21. The topological polar surface area (TPSA) is 42.1 Å². The molecule has 258 valence electrons. The molecule has 6 nitrogen and oxygen atoms in total. The second kappa shape index (κ2) is 13.1. The molecule has 9 aromatic rings. The summed E-state index contributed by atoms with van der Waals surface area (Å²) in [5.74, 6) is 0.854. The van der Waals surface area contributed by atoms with Crippen molar-refractivity contribution >= 4 is 56.0 Å². The lowest BCUT2D eigenvalue weighted by Crippen LogP contribution is -2.23. The van der Waals surface area contributed by atoms with Gasteiger partial charge in [-0.1, -0.05) is 115 Å². The number of aryl methyl sites for hydroxylation is 1. The standard InChI is InChI=1S/C48H36N6/c1-51-32-50-47-40-28-27-37(31-43(40)54(48(47)51)44-26-13-14-29-49-44)46(45(34-16-5-2-6-17-34)35-18-7-3-8-19-35)36-20-15-23-39(30-36)53-33-52(38-21-9-4-10-22-38)41-24-11-12-25-42(41)53/h2-32H,33H2,1H3. The lowest BCUT2D eigenvalue weighted by Gasteiger charge is -2.24. The molecule has 1 aliphatic heterocycles. The predicted octanol–water partition coefficient (Wildman–Crippen LogP) is 11.2. The number of pyridine rings is 1. The molecule has 0 bridgehead atoms. The molecular formula is C48H36N6. The number of aromatic nitrogens is 4. The molecule has 0 atom stereocenters. The van der Waals surface area contributed by atoms with Gasteiger partial charge in [-0.05, 0) is 94.1 Å². The van der Waals surface area contributed by atoms with Crippen LogP contribution in [0.3, 0.4) is 0 Å². The van der Waals surface area contributed by atoms with Gasteiger partial charge in [0.15, 0.2) is 0 Å². The maximum Gasteiger partial charge on any atom is 0.146 e. The van der Waals surface area contributed by atoms with Crippen molar-refractivity contribution in [2.24, 2.45) is 7.05 Å². The van der Waals surface area contributed by atoms with Gasteiger partial charge in [0.1, 0.15) is 23.7 Å². The molecule has 10 rings (SSSR count). The smallest absolute Gasteiger partial charge is 0.146 e. The van der Waals surface area contributed by atoms with Crippen molar-refractivity contribution in [2.45, 2.75) is 0 Å². The third kappa shape index (κ3) is 5.27. The average molecular weight is 697 g/mol. The second-order valence-corrected chi connectivity index (χ2v) is 13.6. The first-order valence-electron chi connectivity index (χ1n) is 18.2. The molecule has 6 heteroatoms. The lowest BCUT2D eigenvalue weighted by molar-refractivity contribution is 0.902. The number of fused-ring (bicyclic) bond motifs is 4. The van der Waals surface area contributed by atoms with Crippen LogP contribution in [0.1, 0.15) is 22.3 Å². The molecule has 0 saturated carbocycles. The molecule has 3 aromatic heterocycles. The van der Waals surface area contributed by atoms with Crippen LogP contribution >= 0.6 is 0 Å². The zero-order valence-electron chi connectivity index (χ0n) is 29.8. The van der Waals surface area contributed by atoms with Gasteiger partial charge in [0.25, 0.3) is 0 Å². The second-order valence-electron chi connectivity index (χ2n) is 13.6. The van der Waals surface area contributed by atoms with Crippen molar-refractivity contribution in [3.05, 3.63) is 211 Å². The zero-order valence-corrected chi connectivity index (χ0v) is 29.8. The highest BCUT2D eigenvalue weighted by molar-refractivity contribution is 6.10. The zero-order chi connectivity index (χ0) is 36.0. The molecule has 54 heavy (non-hydrogen) atoms. The fraction of sp³-hybridized carbons (Fsp3) is 0.0417. The van der Waals surface area contributed by atoms with Crippen molar-refractivity contribution < 1.29 is 0 Å². The molecular weight excluding hydrogens is 661 g/mol. The van der Waals surface area contributed by atoms with E-state index in [-0.39, 0.29) is 0 Å². The summed E-state index contributed by atoms with van der Waals surface area (Å²) in [6, 6.07) is 62.7. The van der Waals surface area contributed by atoms with Gasteiger partial charge in [-0.2, -0.15) is 0 Å². The summed E-state index contributed by atoms with van der Waals surface area (Å²) in [5.41, 5.74) is 14.6. The van der Waals surface area contributed by atoms with E-state index in [4.69, 9.17) is 9.97 Å². The van der Waals surface area contributed by atoms with E-state index in [1.54, 1.807) is 0 Å². The molecule has 0 N–H and O–H groups in total. The molecule has 4 heterocycles. The van der Waals surface area contributed by atoms with E-state index in [0.717, 1.165) is 61.4 Å². The van der Waals surface area contributed by atoms with Gasteiger partial charge in [0, 0.05) is 30.0 Å². The first-order valence-corrected chi connectivity index (χ1v) is 18.2. The van der Waals surface area contributed by atoms with E-state index >= 15 is 0 Å². The number of anilines is 4. The maximum atomic E-state index is 4.85. The molecule has 0 aliphatic carbocycles. The van der Waals surface area contributed by atoms with Crippen LogP contribution in [0.2, 0.25) is 0 Å². The van der Waals surface area contributed by atoms with Gasteiger partial charge in [-0.3, -0.25) is 4.57 Å². The van der Waals surface area contributed by atoms with E-state index in [0.29, 0.717) is 6.67 Å². The highest BCUT2D eigenvalue weighted by Gasteiger charge is 2.28. The highest BCUT2D eigenvalue weighted by atomic mass is 15.4. The molecule has 6 aromatic carbocycles. The summed E-state index contributed by atoms with van der Waals surface area (Å²) in [4.78, 5) is 14.5. The maximum absolute atomic E-state index is 4.85. The van der Waals surface area contributed by atoms with E-state index in [9.17, 15) is 0 Å². The van der Waals surface area contributed by atoms with Crippen LogP contribution in [0.25, 0.3) is 39.0 Å². The predicted molar refractivity (Wildman–Crippen MR) is 222 cm³/mol. The molecule has 0 spiro atoms. The Bertz CT molecular complexity index is 2760. The first kappa shape index (κ1) is 31.5. The normalized spacial score (nSPS) is 12.4. The highest BCUT2D eigenvalue weighted by Crippen LogP contribution is 2.46. The summed E-state index contributed by atoms with van der Waals surface area (Å²) in [5, 5.41) is 1.09. The average Bonchev–Trinajstić information content (AvgIpc) is 3.92. The largest absolute Gasteiger partial charge is 0.321 e. The summed E-state index contributed by atoms with van der Waals surface area (Å²) in [6.45, 7) is 0.708. The van der Waals surface area contributed by atoms with Gasteiger partial charge in [0.2, 0.25) is 0 Å². The minimum Gasteiger partial charge on any atom is -0.321 e. The number of hydrogen-bond acceptors (Lipinski definition) is 4. The number of benzene rings is 6. The van der Waals surface area contributed by atoms with Crippen molar-refractivity contribution in [1.29, 1.82) is 0 Å². The van der Waals surface area contributed by atoms with Gasteiger partial charge in [0.05, 0.1) is 23.2 Å². The van der Waals surface area contributed by atoms with E-state index in [1.807, 2.05) is 31.7 Å². The van der Waals surface area contributed by atoms with Crippen LogP contribution in [-0.2, 0) is 7.05 Å². The molecule has 0 unspecified atom stereocenters. The van der Waals surface area contributed by atoms with E-state index in [2.05, 4.69) is 183 Å². The first-order chi connectivity index (χ1) is 26.7. The Morgan fingerprint density at radius 2 is 1.07 bits per heavy atom. The molecule has 0 fully saturated rings. The van der Waals surface area contributed by atoms with Crippen molar-refractivity contribution in [3.8, 4) is 5.82 Å². The number of imidazole rings is 1. The van der Waals surface area contributed by atoms with Gasteiger partial charge < -0.3 is 14.4 Å². The fourth-order valence-corrected chi connectivity index (χ4v) is 8.00. The fourth-order valence-electron chi connectivity index (χ4n) is 8.00. The van der Waals surface area contributed by atoms with Crippen LogP contribution in [0.4, 0.5) is 22.7 Å².